The van der Waals surface area contributed by atoms with Crippen molar-refractivity contribution in [2.24, 2.45) is 0 Å². The van der Waals surface area contributed by atoms with E-state index in [1.54, 1.807) is 0 Å². The van der Waals surface area contributed by atoms with Gasteiger partial charge in [-0.25, -0.2) is 0 Å². The van der Waals surface area contributed by atoms with Gasteiger partial charge in [0.05, 0.1) is 39.1 Å². The molecule has 3 heterocycles. The van der Waals surface area contributed by atoms with Crippen LogP contribution >= 0.6 is 0 Å². The second-order valence-corrected chi connectivity index (χ2v) is 7.82. The number of benzene rings is 1. The number of nitrogens with two attached hydrogens (primary N) is 1. The predicted molar refractivity (Wildman–Crippen MR) is 108 cm³/mol. The van der Waals surface area contributed by atoms with E-state index in [2.05, 4.69) is 15.9 Å². The van der Waals surface area contributed by atoms with Gasteiger partial charge in [0.25, 0.3) is 0 Å². The zero-order valence-corrected chi connectivity index (χ0v) is 16.7. The van der Waals surface area contributed by atoms with Gasteiger partial charge in [-0.05, 0) is 37.5 Å². The summed E-state index contributed by atoms with van der Waals surface area (Å²) in [6, 6.07) is 6.76. The molecule has 0 aromatic heterocycles. The van der Waals surface area contributed by atoms with Crippen molar-refractivity contribution in [2.75, 3.05) is 69.8 Å². The Bertz CT molecular complexity index is 612. The number of piperazine rings is 1. The Morgan fingerprint density at radius 2 is 1.93 bits per heavy atom. The van der Waals surface area contributed by atoms with Crippen LogP contribution in [-0.4, -0.2) is 76.4 Å². The molecule has 156 valence electrons. The van der Waals surface area contributed by atoms with Gasteiger partial charge in [-0.1, -0.05) is 0 Å². The molecule has 0 spiro atoms. The minimum Gasteiger partial charge on any atom is -0.399 e. The fourth-order valence-corrected chi connectivity index (χ4v) is 4.05. The highest BCUT2D eigenvalue weighted by atomic mass is 16.7. The van der Waals surface area contributed by atoms with Gasteiger partial charge in [-0.2, -0.15) is 0 Å². The van der Waals surface area contributed by atoms with Gasteiger partial charge < -0.3 is 29.6 Å². The Balaban J connectivity index is 1.24. The third kappa shape index (κ3) is 5.15. The Labute approximate surface area is 167 Å². The topological polar surface area (TPSA) is 69.4 Å². The van der Waals surface area contributed by atoms with E-state index >= 15 is 0 Å². The number of hydrogen-bond acceptors (Lipinski definition) is 7. The van der Waals surface area contributed by atoms with Crippen molar-refractivity contribution >= 4 is 11.4 Å². The van der Waals surface area contributed by atoms with Crippen LogP contribution in [0.3, 0.4) is 0 Å². The molecule has 0 saturated carbocycles. The first-order chi connectivity index (χ1) is 13.8. The van der Waals surface area contributed by atoms with Gasteiger partial charge in [0.15, 0.2) is 6.29 Å². The zero-order chi connectivity index (χ0) is 19.2. The van der Waals surface area contributed by atoms with Gasteiger partial charge in [-0.15, -0.1) is 0 Å². The monoisotopic (exact) mass is 391 g/mol. The summed E-state index contributed by atoms with van der Waals surface area (Å²) < 4.78 is 22.5. The van der Waals surface area contributed by atoms with E-state index in [0.717, 1.165) is 70.1 Å². The summed E-state index contributed by atoms with van der Waals surface area (Å²) in [5.74, 6) is 0. The molecule has 4 rings (SSSR count). The first-order valence-corrected chi connectivity index (χ1v) is 10.6. The lowest BCUT2D eigenvalue weighted by Crippen LogP contribution is -2.56. The fraction of sp³-hybridized carbons (Fsp3) is 0.714. The van der Waals surface area contributed by atoms with Crippen LogP contribution in [-0.2, 0) is 25.6 Å². The Morgan fingerprint density at radius 1 is 1.07 bits per heavy atom. The highest BCUT2D eigenvalue weighted by Crippen LogP contribution is 2.26. The number of ether oxygens (including phenoxy) is 4. The van der Waals surface area contributed by atoms with Crippen molar-refractivity contribution in [1.29, 1.82) is 0 Å². The highest BCUT2D eigenvalue weighted by Gasteiger charge is 2.29. The van der Waals surface area contributed by atoms with Crippen LogP contribution in [0.15, 0.2) is 18.2 Å². The molecular formula is C21H33N3O4. The van der Waals surface area contributed by atoms with E-state index in [1.165, 1.54) is 12.1 Å². The molecule has 1 atom stereocenters. The average molecular weight is 392 g/mol. The summed E-state index contributed by atoms with van der Waals surface area (Å²) in [6.45, 7) is 8.44. The smallest absolute Gasteiger partial charge is 0.157 e. The second-order valence-electron chi connectivity index (χ2n) is 7.82. The van der Waals surface area contributed by atoms with Crippen molar-refractivity contribution < 1.29 is 18.9 Å². The van der Waals surface area contributed by atoms with E-state index in [9.17, 15) is 0 Å². The van der Waals surface area contributed by atoms with Crippen molar-refractivity contribution in [2.45, 2.75) is 38.2 Å². The van der Waals surface area contributed by atoms with E-state index in [4.69, 9.17) is 24.7 Å². The first-order valence-electron chi connectivity index (χ1n) is 10.6. The van der Waals surface area contributed by atoms with Crippen molar-refractivity contribution in [3.63, 3.8) is 0 Å². The number of nitrogens with zero attached hydrogens (tertiary/aromatic N) is 2. The Morgan fingerprint density at radius 3 is 2.64 bits per heavy atom. The molecule has 1 aromatic rings. The summed E-state index contributed by atoms with van der Waals surface area (Å²) in [6.07, 6.45) is 3.24. The van der Waals surface area contributed by atoms with Gasteiger partial charge >= 0.3 is 0 Å². The van der Waals surface area contributed by atoms with Gasteiger partial charge in [-0.3, -0.25) is 4.90 Å². The number of nitrogen functional groups attached to an aromatic ring is 1. The van der Waals surface area contributed by atoms with E-state index in [0.29, 0.717) is 25.9 Å². The maximum atomic E-state index is 6.03. The Hall–Kier alpha value is -1.38. The molecule has 0 radical (unpaired) electrons. The molecule has 0 aliphatic carbocycles. The molecule has 7 nitrogen and oxygen atoms in total. The van der Waals surface area contributed by atoms with Crippen LogP contribution in [0.2, 0.25) is 0 Å². The summed E-state index contributed by atoms with van der Waals surface area (Å²) in [4.78, 5) is 4.98. The third-order valence-electron chi connectivity index (χ3n) is 5.82. The van der Waals surface area contributed by atoms with Crippen LogP contribution in [0.5, 0.6) is 0 Å². The molecule has 7 heteroatoms. The van der Waals surface area contributed by atoms with E-state index < -0.39 is 0 Å². The van der Waals surface area contributed by atoms with Crippen LogP contribution in [0.4, 0.5) is 11.4 Å². The molecule has 0 bridgehead atoms. The van der Waals surface area contributed by atoms with E-state index in [-0.39, 0.29) is 6.29 Å². The van der Waals surface area contributed by atoms with Crippen molar-refractivity contribution in [1.82, 2.24) is 4.90 Å². The summed E-state index contributed by atoms with van der Waals surface area (Å²) in [7, 11) is 0. The molecule has 2 N–H and O–H groups in total. The molecular weight excluding hydrogens is 358 g/mol. The maximum absolute atomic E-state index is 6.03. The summed E-state index contributed by atoms with van der Waals surface area (Å²) in [5, 5.41) is 0. The minimum atomic E-state index is -0.0577. The predicted octanol–water partition coefficient (Wildman–Crippen LogP) is 1.85. The molecule has 0 amide bonds. The van der Waals surface area contributed by atoms with Gasteiger partial charge in [0.2, 0.25) is 0 Å². The average Bonchev–Trinajstić information content (AvgIpc) is 2.68. The fourth-order valence-electron chi connectivity index (χ4n) is 4.05. The number of hydrogen-bond donors (Lipinski definition) is 1. The standard InChI is InChI=1S/C21H33N3O4/c22-18-4-5-20(24-8-6-23(7-9-24)19-15-26-16-19)17(13-18)14-25-11-12-28-21-3-1-2-10-27-21/h4-5,13,19,21H,1-3,6-12,14-16,22H2. The van der Waals surface area contributed by atoms with Crippen LogP contribution in [0.1, 0.15) is 24.8 Å². The minimum absolute atomic E-state index is 0.0577. The lowest BCUT2D eigenvalue weighted by Gasteiger charge is -2.43. The van der Waals surface area contributed by atoms with E-state index in [1.807, 2.05) is 12.1 Å². The zero-order valence-electron chi connectivity index (χ0n) is 16.7. The number of anilines is 2. The molecule has 3 fully saturated rings. The molecule has 3 aliphatic rings. The van der Waals surface area contributed by atoms with Gasteiger partial charge in [0, 0.05) is 49.7 Å². The molecule has 3 saturated heterocycles. The second kappa shape index (κ2) is 9.89. The lowest BCUT2D eigenvalue weighted by atomic mass is 10.1. The van der Waals surface area contributed by atoms with Crippen LogP contribution in [0.25, 0.3) is 0 Å². The van der Waals surface area contributed by atoms with Crippen LogP contribution < -0.4 is 10.6 Å². The quantitative estimate of drug-likeness (QED) is 0.536. The third-order valence-corrected chi connectivity index (χ3v) is 5.82. The highest BCUT2D eigenvalue weighted by molar-refractivity contribution is 5.59. The summed E-state index contributed by atoms with van der Waals surface area (Å²) in [5.41, 5.74) is 9.19. The van der Waals surface area contributed by atoms with Crippen molar-refractivity contribution in [3.05, 3.63) is 23.8 Å². The molecule has 3 aliphatic heterocycles. The van der Waals surface area contributed by atoms with Crippen molar-refractivity contribution in [3.8, 4) is 0 Å². The Kier molecular flexibility index (Phi) is 7.04. The molecule has 1 unspecified atom stereocenters. The first kappa shape index (κ1) is 19.9. The molecule has 1 aromatic carbocycles. The SMILES string of the molecule is Nc1ccc(N2CCN(C3COC3)CC2)c(COCCOC2CCCCO2)c1. The largest absolute Gasteiger partial charge is 0.399 e. The maximum Gasteiger partial charge on any atom is 0.157 e. The normalized spacial score (nSPS) is 24.3. The molecule has 28 heavy (non-hydrogen) atoms. The van der Waals surface area contributed by atoms with Crippen LogP contribution in [0, 0.1) is 0 Å². The summed E-state index contributed by atoms with van der Waals surface area (Å²) >= 11 is 0. The number of rotatable bonds is 8. The lowest BCUT2D eigenvalue weighted by molar-refractivity contribution is -0.169. The van der Waals surface area contributed by atoms with Gasteiger partial charge in [0.1, 0.15) is 0 Å².